The molecule has 0 aliphatic carbocycles. The van der Waals surface area contributed by atoms with Crippen LogP contribution in [0.3, 0.4) is 0 Å². The predicted octanol–water partition coefficient (Wildman–Crippen LogP) is 3.50. The summed E-state index contributed by atoms with van der Waals surface area (Å²) in [6.07, 6.45) is 5.64. The predicted molar refractivity (Wildman–Crippen MR) is 61.6 cm³/mol. The van der Waals surface area contributed by atoms with Crippen molar-refractivity contribution >= 4 is 15.9 Å². The average molecular weight is 256 g/mol. The number of rotatable bonds is 5. The van der Waals surface area contributed by atoms with Crippen LogP contribution in [0.15, 0.2) is 29.4 Å². The number of aromatic nitrogens is 1. The fourth-order valence-electron chi connectivity index (χ4n) is 1.02. The van der Waals surface area contributed by atoms with Crippen LogP contribution in [0.1, 0.15) is 18.4 Å². The lowest BCUT2D eigenvalue weighted by atomic mass is 10.3. The zero-order valence-electron chi connectivity index (χ0n) is 8.29. The van der Waals surface area contributed by atoms with Gasteiger partial charge in [-0.3, -0.25) is 0 Å². The molecule has 2 nitrogen and oxygen atoms in total. The van der Waals surface area contributed by atoms with E-state index >= 15 is 0 Å². The van der Waals surface area contributed by atoms with Crippen molar-refractivity contribution in [3.05, 3.63) is 35.0 Å². The first-order valence-corrected chi connectivity index (χ1v) is 5.39. The minimum absolute atomic E-state index is 0.666. The molecule has 0 spiro atoms. The van der Waals surface area contributed by atoms with Crippen molar-refractivity contribution in [2.45, 2.75) is 19.8 Å². The number of pyridine rings is 1. The van der Waals surface area contributed by atoms with E-state index in [-0.39, 0.29) is 0 Å². The molecule has 1 aromatic rings. The first-order chi connectivity index (χ1) is 6.74. The summed E-state index contributed by atoms with van der Waals surface area (Å²) in [6, 6.07) is 2.00. The van der Waals surface area contributed by atoms with Gasteiger partial charge in [-0.25, -0.2) is 4.98 Å². The zero-order chi connectivity index (χ0) is 10.4. The van der Waals surface area contributed by atoms with Crippen LogP contribution in [-0.4, -0.2) is 11.6 Å². The van der Waals surface area contributed by atoms with E-state index in [1.807, 2.05) is 19.1 Å². The molecule has 76 valence electrons. The van der Waals surface area contributed by atoms with Crippen LogP contribution in [0.25, 0.3) is 0 Å². The molecule has 0 aromatic carbocycles. The van der Waals surface area contributed by atoms with Crippen molar-refractivity contribution < 1.29 is 4.74 Å². The Morgan fingerprint density at radius 2 is 2.43 bits per heavy atom. The van der Waals surface area contributed by atoms with Crippen LogP contribution in [-0.2, 0) is 0 Å². The van der Waals surface area contributed by atoms with Gasteiger partial charge in [-0.15, -0.1) is 6.58 Å². The van der Waals surface area contributed by atoms with Gasteiger partial charge in [0, 0.05) is 6.20 Å². The topological polar surface area (TPSA) is 22.1 Å². The number of aryl methyl sites for hydroxylation is 1. The van der Waals surface area contributed by atoms with E-state index in [2.05, 4.69) is 27.5 Å². The summed E-state index contributed by atoms with van der Waals surface area (Å²) < 4.78 is 6.40. The molecule has 0 saturated heterocycles. The molecule has 14 heavy (non-hydrogen) atoms. The summed E-state index contributed by atoms with van der Waals surface area (Å²) >= 11 is 3.41. The highest BCUT2D eigenvalue weighted by Gasteiger charge is 2.01. The molecule has 0 atom stereocenters. The zero-order valence-corrected chi connectivity index (χ0v) is 9.88. The molecule has 1 rings (SSSR count). The molecule has 0 fully saturated rings. The van der Waals surface area contributed by atoms with Gasteiger partial charge in [0.15, 0.2) is 0 Å². The van der Waals surface area contributed by atoms with E-state index in [0.29, 0.717) is 12.5 Å². The van der Waals surface area contributed by atoms with Gasteiger partial charge in [-0.05, 0) is 47.3 Å². The van der Waals surface area contributed by atoms with Gasteiger partial charge in [-0.2, -0.15) is 0 Å². The standard InChI is InChI=1S/C11H14BrNO/c1-3-4-5-6-14-11-10(12)7-9(2)8-13-11/h3,7-8H,1,4-6H2,2H3. The maximum Gasteiger partial charge on any atom is 0.227 e. The molecule has 0 N–H and O–H groups in total. The number of allylic oxidation sites excluding steroid dienone is 1. The molecule has 0 radical (unpaired) electrons. The Morgan fingerprint density at radius 3 is 3.07 bits per heavy atom. The lowest BCUT2D eigenvalue weighted by Crippen LogP contribution is -1.99. The lowest BCUT2D eigenvalue weighted by Gasteiger charge is -2.06. The number of unbranched alkanes of at least 4 members (excludes halogenated alkanes) is 1. The average Bonchev–Trinajstić information content (AvgIpc) is 2.15. The smallest absolute Gasteiger partial charge is 0.227 e. The van der Waals surface area contributed by atoms with Crippen molar-refractivity contribution in [3.63, 3.8) is 0 Å². The Bertz CT molecular complexity index is 312. The minimum Gasteiger partial charge on any atom is -0.477 e. The molecule has 0 bridgehead atoms. The van der Waals surface area contributed by atoms with E-state index in [1.54, 1.807) is 6.20 Å². The van der Waals surface area contributed by atoms with Gasteiger partial charge >= 0.3 is 0 Å². The molecular weight excluding hydrogens is 242 g/mol. The van der Waals surface area contributed by atoms with E-state index in [9.17, 15) is 0 Å². The first kappa shape index (κ1) is 11.2. The minimum atomic E-state index is 0.666. The first-order valence-electron chi connectivity index (χ1n) is 4.60. The molecular formula is C11H14BrNO. The fraction of sp³-hybridized carbons (Fsp3) is 0.364. The van der Waals surface area contributed by atoms with Crippen LogP contribution in [0, 0.1) is 6.92 Å². The fourth-order valence-corrected chi connectivity index (χ4v) is 1.60. The summed E-state index contributed by atoms with van der Waals surface area (Å²) in [4.78, 5) is 4.18. The number of nitrogens with zero attached hydrogens (tertiary/aromatic N) is 1. The quantitative estimate of drug-likeness (QED) is 0.594. The van der Waals surface area contributed by atoms with Crippen molar-refractivity contribution in [2.24, 2.45) is 0 Å². The van der Waals surface area contributed by atoms with Crippen molar-refractivity contribution in [3.8, 4) is 5.88 Å². The highest BCUT2D eigenvalue weighted by atomic mass is 79.9. The number of ether oxygens (including phenoxy) is 1. The number of hydrogen-bond donors (Lipinski definition) is 0. The Balaban J connectivity index is 2.46. The van der Waals surface area contributed by atoms with Gasteiger partial charge in [-0.1, -0.05) is 6.08 Å². The van der Waals surface area contributed by atoms with E-state index < -0.39 is 0 Å². The van der Waals surface area contributed by atoms with Crippen LogP contribution in [0.2, 0.25) is 0 Å². The summed E-state index contributed by atoms with van der Waals surface area (Å²) in [5.74, 6) is 0.666. The number of hydrogen-bond acceptors (Lipinski definition) is 2. The Hall–Kier alpha value is -0.830. The lowest BCUT2D eigenvalue weighted by molar-refractivity contribution is 0.298. The second kappa shape index (κ2) is 5.81. The molecule has 1 heterocycles. The Kier molecular flexibility index (Phi) is 4.66. The van der Waals surface area contributed by atoms with Crippen LogP contribution in [0.5, 0.6) is 5.88 Å². The third-order valence-corrected chi connectivity index (χ3v) is 2.30. The molecule has 1 aromatic heterocycles. The third kappa shape index (κ3) is 3.50. The van der Waals surface area contributed by atoms with Gasteiger partial charge in [0.2, 0.25) is 5.88 Å². The molecule has 0 aliphatic rings. The van der Waals surface area contributed by atoms with Gasteiger partial charge in [0.25, 0.3) is 0 Å². The van der Waals surface area contributed by atoms with Crippen LogP contribution in [0.4, 0.5) is 0 Å². The summed E-state index contributed by atoms with van der Waals surface area (Å²) in [6.45, 7) is 6.33. The van der Waals surface area contributed by atoms with Gasteiger partial charge in [0.1, 0.15) is 0 Å². The molecule has 0 unspecified atom stereocenters. The highest BCUT2D eigenvalue weighted by molar-refractivity contribution is 9.10. The van der Waals surface area contributed by atoms with Gasteiger partial charge in [0.05, 0.1) is 11.1 Å². The largest absolute Gasteiger partial charge is 0.477 e. The summed E-state index contributed by atoms with van der Waals surface area (Å²) in [5.41, 5.74) is 1.12. The molecule has 3 heteroatoms. The second-order valence-corrected chi connectivity index (χ2v) is 3.93. The second-order valence-electron chi connectivity index (χ2n) is 3.08. The summed E-state index contributed by atoms with van der Waals surface area (Å²) in [7, 11) is 0. The van der Waals surface area contributed by atoms with Gasteiger partial charge < -0.3 is 4.74 Å². The third-order valence-electron chi connectivity index (χ3n) is 1.74. The van der Waals surface area contributed by atoms with Crippen molar-refractivity contribution in [1.82, 2.24) is 4.98 Å². The SMILES string of the molecule is C=CCCCOc1ncc(C)cc1Br. The van der Waals surface area contributed by atoms with Crippen molar-refractivity contribution in [2.75, 3.05) is 6.61 Å². The summed E-state index contributed by atoms with van der Waals surface area (Å²) in [5, 5.41) is 0. The van der Waals surface area contributed by atoms with Crippen LogP contribution >= 0.6 is 15.9 Å². The molecule has 0 aliphatic heterocycles. The Labute approximate surface area is 93.1 Å². The molecule has 0 saturated carbocycles. The maximum atomic E-state index is 5.49. The van der Waals surface area contributed by atoms with Crippen LogP contribution < -0.4 is 4.74 Å². The maximum absolute atomic E-state index is 5.49. The van der Waals surface area contributed by atoms with E-state index in [0.717, 1.165) is 22.9 Å². The monoisotopic (exact) mass is 255 g/mol. The normalized spacial score (nSPS) is 9.86. The number of halogens is 1. The molecule has 0 amide bonds. The highest BCUT2D eigenvalue weighted by Crippen LogP contribution is 2.22. The van der Waals surface area contributed by atoms with E-state index in [4.69, 9.17) is 4.74 Å². The van der Waals surface area contributed by atoms with Crippen molar-refractivity contribution in [1.29, 1.82) is 0 Å². The van der Waals surface area contributed by atoms with E-state index in [1.165, 1.54) is 0 Å². The Morgan fingerprint density at radius 1 is 1.64 bits per heavy atom.